The van der Waals surface area contributed by atoms with Gasteiger partial charge in [0, 0.05) is 43.0 Å². The fourth-order valence-corrected chi connectivity index (χ4v) is 5.16. The predicted molar refractivity (Wildman–Crippen MR) is 143 cm³/mol. The molecule has 3 aromatic rings. The number of carbonyl (C=O) groups excluding carboxylic acids is 3. The monoisotopic (exact) mass is 529 g/mol. The van der Waals surface area contributed by atoms with Crippen LogP contribution in [-0.2, 0) is 20.8 Å². The van der Waals surface area contributed by atoms with Crippen molar-refractivity contribution < 1.29 is 28.6 Å². The number of carbonyl (C=O) groups is 3. The number of methoxy groups -OCH3 is 1. The molecule has 0 radical (unpaired) electrons. The summed E-state index contributed by atoms with van der Waals surface area (Å²) in [4.78, 5) is 44.8. The van der Waals surface area contributed by atoms with Gasteiger partial charge < -0.3 is 14.2 Å². The first kappa shape index (κ1) is 26.4. The molecule has 5 rings (SSSR count). The number of aromatic nitrogens is 1. The smallest absolute Gasteiger partial charge is 0.410 e. The van der Waals surface area contributed by atoms with Crippen LogP contribution in [0.1, 0.15) is 46.1 Å². The third kappa shape index (κ3) is 5.93. The fourth-order valence-electron chi connectivity index (χ4n) is 5.16. The number of aryl methyl sites for hydroxylation is 1. The molecule has 0 bridgehead atoms. The summed E-state index contributed by atoms with van der Waals surface area (Å²) in [6.07, 6.45) is 1.56. The van der Waals surface area contributed by atoms with Crippen LogP contribution in [0.3, 0.4) is 0 Å². The summed E-state index contributed by atoms with van der Waals surface area (Å²) in [5, 5.41) is 0. The van der Waals surface area contributed by atoms with E-state index in [0.29, 0.717) is 18.2 Å². The molecule has 2 fully saturated rings. The van der Waals surface area contributed by atoms with Gasteiger partial charge in [-0.05, 0) is 55.2 Å². The van der Waals surface area contributed by atoms with Crippen LogP contribution in [-0.4, -0.2) is 65.5 Å². The molecule has 9 heteroatoms. The number of likely N-dealkylation sites (tertiary alicyclic amines) is 1. The minimum atomic E-state index is -0.907. The lowest BCUT2D eigenvalue weighted by Gasteiger charge is -2.38. The number of hydrogen-bond acceptors (Lipinski definition) is 8. The quantitative estimate of drug-likeness (QED) is 0.235. The summed E-state index contributed by atoms with van der Waals surface area (Å²) >= 11 is 0. The van der Waals surface area contributed by atoms with Gasteiger partial charge in [-0.1, -0.05) is 36.4 Å². The van der Waals surface area contributed by atoms with Crippen LogP contribution < -0.4 is 4.74 Å². The molecule has 202 valence electrons. The fraction of sp³-hybridized carbons (Fsp3) is 0.333. The maximum atomic E-state index is 12.6. The lowest BCUT2D eigenvalue weighted by Crippen LogP contribution is -2.46. The summed E-state index contributed by atoms with van der Waals surface area (Å²) in [5.41, 5.74) is 3.33. The topological polar surface area (TPSA) is 98.3 Å². The van der Waals surface area contributed by atoms with E-state index in [1.54, 1.807) is 12.1 Å². The number of ketones is 1. The highest BCUT2D eigenvalue weighted by Crippen LogP contribution is 2.33. The largest absolute Gasteiger partial charge is 0.463 e. The Balaban J connectivity index is 1.16. The number of hydrogen-bond donors (Lipinski definition) is 0. The third-order valence-corrected chi connectivity index (χ3v) is 7.32. The number of Topliss-reactive ketones (excluding diaryl/α,β-unsaturated/α-hetero) is 1. The highest BCUT2D eigenvalue weighted by molar-refractivity contribution is 6.40. The molecule has 1 amide bonds. The molecular weight excluding hydrogens is 498 g/mol. The van der Waals surface area contributed by atoms with Crippen molar-refractivity contribution in [3.05, 3.63) is 89.1 Å². The Morgan fingerprint density at radius 3 is 2.38 bits per heavy atom. The van der Waals surface area contributed by atoms with E-state index in [2.05, 4.69) is 26.8 Å². The number of piperidine rings is 1. The molecule has 0 N–H and O–H groups in total. The Morgan fingerprint density at radius 1 is 1.00 bits per heavy atom. The summed E-state index contributed by atoms with van der Waals surface area (Å²) in [5.74, 6) is -0.660. The lowest BCUT2D eigenvalue weighted by molar-refractivity contribution is -0.135. The number of amides is 1. The van der Waals surface area contributed by atoms with Crippen molar-refractivity contribution in [3.8, 4) is 11.6 Å². The van der Waals surface area contributed by atoms with Gasteiger partial charge in [0.25, 0.3) is 5.78 Å². The molecule has 1 aromatic heterocycles. The molecule has 39 heavy (non-hydrogen) atoms. The van der Waals surface area contributed by atoms with Crippen LogP contribution >= 0.6 is 0 Å². The molecule has 0 unspecified atom stereocenters. The highest BCUT2D eigenvalue weighted by Gasteiger charge is 2.40. The number of esters is 1. The van der Waals surface area contributed by atoms with E-state index in [-0.39, 0.29) is 23.7 Å². The van der Waals surface area contributed by atoms with Crippen LogP contribution in [0.4, 0.5) is 4.79 Å². The number of cyclic esters (lactones) is 1. The second-order valence-corrected chi connectivity index (χ2v) is 9.76. The number of pyridine rings is 1. The highest BCUT2D eigenvalue weighted by atomic mass is 16.6. The average molecular weight is 530 g/mol. The van der Waals surface area contributed by atoms with Crippen molar-refractivity contribution >= 4 is 17.8 Å². The molecule has 9 nitrogen and oxygen atoms in total. The Bertz CT molecular complexity index is 1340. The van der Waals surface area contributed by atoms with Gasteiger partial charge in [0.15, 0.2) is 0 Å². The summed E-state index contributed by atoms with van der Waals surface area (Å²) in [6, 6.07) is 20.3. The van der Waals surface area contributed by atoms with Gasteiger partial charge in [0.1, 0.15) is 12.4 Å². The van der Waals surface area contributed by atoms with E-state index in [1.807, 2.05) is 42.2 Å². The molecule has 0 aliphatic carbocycles. The van der Waals surface area contributed by atoms with Gasteiger partial charge in [-0.2, -0.15) is 0 Å². The Hall–Kier alpha value is -4.24. The number of benzene rings is 2. The molecule has 2 saturated heterocycles. The zero-order valence-electron chi connectivity index (χ0n) is 22.0. The first-order valence-electron chi connectivity index (χ1n) is 13.0. The number of ether oxygens (including phenoxy) is 3. The first-order valence-corrected chi connectivity index (χ1v) is 13.0. The van der Waals surface area contributed by atoms with Crippen molar-refractivity contribution in [2.75, 3.05) is 26.8 Å². The van der Waals surface area contributed by atoms with Gasteiger partial charge in [-0.25, -0.2) is 14.6 Å². The van der Waals surface area contributed by atoms with E-state index >= 15 is 0 Å². The molecule has 2 aliphatic heterocycles. The molecule has 2 aromatic carbocycles. The molecular formula is C30H31N3O6. The zero-order valence-corrected chi connectivity index (χ0v) is 22.0. The predicted octanol–water partition coefficient (Wildman–Crippen LogP) is 4.70. The molecule has 1 atom stereocenters. The van der Waals surface area contributed by atoms with Crippen molar-refractivity contribution in [1.82, 2.24) is 14.8 Å². The maximum absolute atomic E-state index is 12.6. The van der Waals surface area contributed by atoms with Crippen LogP contribution in [0.15, 0.2) is 66.7 Å². The molecule has 3 heterocycles. The minimum Gasteiger partial charge on any atom is -0.463 e. The van der Waals surface area contributed by atoms with Crippen molar-refractivity contribution in [2.45, 2.75) is 38.4 Å². The van der Waals surface area contributed by atoms with E-state index in [9.17, 15) is 14.4 Å². The normalized spacial score (nSPS) is 18.1. The molecule has 0 spiro atoms. The van der Waals surface area contributed by atoms with Gasteiger partial charge in [-0.3, -0.25) is 14.6 Å². The molecule has 2 aliphatic rings. The van der Waals surface area contributed by atoms with Crippen molar-refractivity contribution in [2.24, 2.45) is 0 Å². The Morgan fingerprint density at radius 2 is 1.72 bits per heavy atom. The molecule has 0 saturated carbocycles. The first-order chi connectivity index (χ1) is 18.9. The van der Waals surface area contributed by atoms with Gasteiger partial charge in [0.05, 0.1) is 13.2 Å². The van der Waals surface area contributed by atoms with Gasteiger partial charge in [0.2, 0.25) is 5.88 Å². The lowest BCUT2D eigenvalue weighted by atomic mass is 9.98. The second-order valence-electron chi connectivity index (χ2n) is 9.76. The van der Waals surface area contributed by atoms with Crippen LogP contribution in [0.5, 0.6) is 11.6 Å². The summed E-state index contributed by atoms with van der Waals surface area (Å²) in [7, 11) is 1.17. The summed E-state index contributed by atoms with van der Waals surface area (Å²) < 4.78 is 15.8. The second kappa shape index (κ2) is 11.7. The Labute approximate surface area is 227 Å². The standard InChI is InChI=1S/C30H31N3O6/c1-20-23(10-13-27(31-20)39-25-11-8-22(9-12-25)28(34)29(35)37-2)18-32-16-14-24(15-17-32)33-26(19-38-30(33)36)21-6-4-3-5-7-21/h3-13,24,26H,14-19H2,1-2H3/t26-/m0/s1. The Kier molecular flexibility index (Phi) is 7.88. The van der Waals surface area contributed by atoms with E-state index < -0.39 is 11.8 Å². The van der Waals surface area contributed by atoms with E-state index in [0.717, 1.165) is 49.3 Å². The average Bonchev–Trinajstić information content (AvgIpc) is 3.36. The van der Waals surface area contributed by atoms with Crippen LogP contribution in [0, 0.1) is 6.92 Å². The van der Waals surface area contributed by atoms with Crippen molar-refractivity contribution in [1.29, 1.82) is 0 Å². The van der Waals surface area contributed by atoms with Crippen LogP contribution in [0.25, 0.3) is 0 Å². The minimum absolute atomic E-state index is 0.0289. The van der Waals surface area contributed by atoms with E-state index in [1.165, 1.54) is 19.2 Å². The van der Waals surface area contributed by atoms with Gasteiger partial charge in [-0.15, -0.1) is 0 Å². The van der Waals surface area contributed by atoms with Gasteiger partial charge >= 0.3 is 12.1 Å². The summed E-state index contributed by atoms with van der Waals surface area (Å²) in [6.45, 7) is 4.88. The van der Waals surface area contributed by atoms with E-state index in [4.69, 9.17) is 9.47 Å². The van der Waals surface area contributed by atoms with Crippen LogP contribution in [0.2, 0.25) is 0 Å². The number of rotatable bonds is 8. The number of nitrogens with zero attached hydrogens (tertiary/aromatic N) is 3. The third-order valence-electron chi connectivity index (χ3n) is 7.32. The SMILES string of the molecule is COC(=O)C(=O)c1ccc(Oc2ccc(CN3CCC(N4C(=O)OC[C@H]4c4ccccc4)CC3)c(C)n2)cc1. The zero-order chi connectivity index (χ0) is 27.4. The maximum Gasteiger partial charge on any atom is 0.410 e. The van der Waals surface area contributed by atoms with Crippen molar-refractivity contribution in [3.63, 3.8) is 0 Å².